The van der Waals surface area contributed by atoms with Crippen LogP contribution in [0.3, 0.4) is 0 Å². The summed E-state index contributed by atoms with van der Waals surface area (Å²) in [7, 11) is 0. The van der Waals surface area contributed by atoms with Crippen LogP contribution in [0.4, 0.5) is 5.69 Å². The van der Waals surface area contributed by atoms with E-state index in [9.17, 15) is 9.59 Å². The van der Waals surface area contributed by atoms with Crippen molar-refractivity contribution in [2.24, 2.45) is 0 Å². The van der Waals surface area contributed by atoms with Crippen LogP contribution in [0.1, 0.15) is 17.0 Å². The Morgan fingerprint density at radius 2 is 1.29 bits per heavy atom. The lowest BCUT2D eigenvalue weighted by Gasteiger charge is -2.17. The molecule has 0 aliphatic rings. The van der Waals surface area contributed by atoms with Crippen molar-refractivity contribution >= 4 is 40.8 Å². The van der Waals surface area contributed by atoms with Gasteiger partial charge in [-0.15, -0.1) is 0 Å². The second-order valence-electron chi connectivity index (χ2n) is 6.01. The minimum Gasteiger partial charge on any atom is -0.455 e. The minimum absolute atomic E-state index is 0.287. The molecule has 142 valence electrons. The first-order chi connectivity index (χ1) is 13.6. The van der Waals surface area contributed by atoms with Crippen molar-refractivity contribution in [3.8, 4) is 0 Å². The molecule has 0 spiro atoms. The number of hydrogen-bond acceptors (Lipinski definition) is 3. The Morgan fingerprint density at radius 1 is 0.786 bits per heavy atom. The third-order valence-corrected chi connectivity index (χ3v) is 4.70. The number of esters is 1. The average Bonchev–Trinajstić information content (AvgIpc) is 2.71. The van der Waals surface area contributed by atoms with E-state index in [0.717, 1.165) is 11.1 Å². The number of halogens is 2. The van der Waals surface area contributed by atoms with Crippen LogP contribution in [0.15, 0.2) is 78.9 Å². The van der Waals surface area contributed by atoms with E-state index in [0.29, 0.717) is 10.0 Å². The zero-order valence-electron chi connectivity index (χ0n) is 14.8. The molecule has 6 heteroatoms. The van der Waals surface area contributed by atoms with Crippen molar-refractivity contribution in [1.29, 1.82) is 0 Å². The number of ether oxygens (including phenoxy) is 1. The van der Waals surface area contributed by atoms with Gasteiger partial charge in [0.2, 0.25) is 0 Å². The van der Waals surface area contributed by atoms with Crippen molar-refractivity contribution < 1.29 is 14.3 Å². The third-order valence-electron chi connectivity index (χ3n) is 4.07. The molecule has 0 bridgehead atoms. The second-order valence-corrected chi connectivity index (χ2v) is 6.82. The Balaban J connectivity index is 1.71. The van der Waals surface area contributed by atoms with E-state index in [1.165, 1.54) is 0 Å². The Hall–Kier alpha value is -2.82. The zero-order chi connectivity index (χ0) is 19.9. The van der Waals surface area contributed by atoms with Gasteiger partial charge in [0.05, 0.1) is 15.7 Å². The first-order valence-corrected chi connectivity index (χ1v) is 9.32. The van der Waals surface area contributed by atoms with Crippen LogP contribution >= 0.6 is 23.2 Å². The molecule has 1 N–H and O–H groups in total. The number of nitrogens with one attached hydrogen (secondary N) is 1. The Kier molecular flexibility index (Phi) is 6.69. The lowest BCUT2D eigenvalue weighted by molar-refractivity contribution is -0.147. The molecular formula is C22H17Cl2NO3. The SMILES string of the molecule is O=C(COC(=O)C(c1ccccc1)c1ccccc1)Nc1c(Cl)cccc1Cl. The molecule has 0 saturated carbocycles. The van der Waals surface area contributed by atoms with Crippen LogP contribution < -0.4 is 5.32 Å². The molecule has 0 saturated heterocycles. The summed E-state index contributed by atoms with van der Waals surface area (Å²) >= 11 is 12.1. The third kappa shape index (κ3) is 4.91. The molecule has 0 fully saturated rings. The van der Waals surface area contributed by atoms with Crippen LogP contribution in [-0.2, 0) is 14.3 Å². The molecule has 0 radical (unpaired) electrons. The highest BCUT2D eigenvalue weighted by atomic mass is 35.5. The summed E-state index contributed by atoms with van der Waals surface area (Å²) in [6.45, 7) is -0.448. The maximum atomic E-state index is 12.8. The Labute approximate surface area is 173 Å². The topological polar surface area (TPSA) is 55.4 Å². The highest BCUT2D eigenvalue weighted by Crippen LogP contribution is 2.30. The van der Waals surface area contributed by atoms with Crippen LogP contribution in [0.2, 0.25) is 10.0 Å². The molecular weight excluding hydrogens is 397 g/mol. The number of carbonyl (C=O) groups is 2. The molecule has 1 amide bonds. The Bertz CT molecular complexity index is 902. The van der Waals surface area contributed by atoms with Gasteiger partial charge in [0.25, 0.3) is 5.91 Å². The zero-order valence-corrected chi connectivity index (χ0v) is 16.3. The summed E-state index contributed by atoms with van der Waals surface area (Å²) in [6, 6.07) is 23.4. The van der Waals surface area contributed by atoms with E-state index >= 15 is 0 Å². The smallest absolute Gasteiger partial charge is 0.318 e. The Morgan fingerprint density at radius 3 is 1.79 bits per heavy atom. The molecule has 3 rings (SSSR count). The fourth-order valence-electron chi connectivity index (χ4n) is 2.77. The highest BCUT2D eigenvalue weighted by molar-refractivity contribution is 6.39. The van der Waals surface area contributed by atoms with Gasteiger partial charge in [-0.25, -0.2) is 0 Å². The number of hydrogen-bond donors (Lipinski definition) is 1. The summed E-state index contributed by atoms with van der Waals surface area (Å²) < 4.78 is 5.29. The first kappa shape index (κ1) is 19.9. The summed E-state index contributed by atoms with van der Waals surface area (Å²) in [5.74, 6) is -1.67. The number of para-hydroxylation sites is 1. The van der Waals surface area contributed by atoms with Gasteiger partial charge in [0.15, 0.2) is 6.61 Å². The van der Waals surface area contributed by atoms with Crippen molar-refractivity contribution in [2.75, 3.05) is 11.9 Å². The van der Waals surface area contributed by atoms with Crippen LogP contribution in [-0.4, -0.2) is 18.5 Å². The van der Waals surface area contributed by atoms with E-state index in [4.69, 9.17) is 27.9 Å². The minimum atomic E-state index is -0.626. The largest absolute Gasteiger partial charge is 0.455 e. The quantitative estimate of drug-likeness (QED) is 0.557. The summed E-state index contributed by atoms with van der Waals surface area (Å²) in [5, 5.41) is 3.18. The number of carbonyl (C=O) groups excluding carboxylic acids is 2. The molecule has 4 nitrogen and oxygen atoms in total. The van der Waals surface area contributed by atoms with Crippen molar-refractivity contribution in [1.82, 2.24) is 0 Å². The van der Waals surface area contributed by atoms with E-state index < -0.39 is 24.4 Å². The van der Waals surface area contributed by atoms with Crippen LogP contribution in [0.25, 0.3) is 0 Å². The number of rotatable bonds is 6. The van der Waals surface area contributed by atoms with Gasteiger partial charge in [-0.05, 0) is 23.3 Å². The average molecular weight is 414 g/mol. The maximum Gasteiger partial charge on any atom is 0.318 e. The molecule has 3 aromatic rings. The van der Waals surface area contributed by atoms with Gasteiger partial charge in [0, 0.05) is 0 Å². The molecule has 0 atom stereocenters. The van der Waals surface area contributed by atoms with Crippen LogP contribution in [0, 0.1) is 0 Å². The van der Waals surface area contributed by atoms with Crippen molar-refractivity contribution in [2.45, 2.75) is 5.92 Å². The van der Waals surface area contributed by atoms with Gasteiger partial charge >= 0.3 is 5.97 Å². The van der Waals surface area contributed by atoms with Gasteiger partial charge in [-0.2, -0.15) is 0 Å². The standard InChI is InChI=1S/C22H17Cl2NO3/c23-17-12-7-13-18(24)21(17)25-19(26)14-28-22(27)20(15-8-3-1-4-9-15)16-10-5-2-6-11-16/h1-13,20H,14H2,(H,25,26). The predicted molar refractivity (Wildman–Crippen MR) is 111 cm³/mol. The lowest BCUT2D eigenvalue weighted by Crippen LogP contribution is -2.24. The van der Waals surface area contributed by atoms with E-state index in [2.05, 4.69) is 5.32 Å². The fourth-order valence-corrected chi connectivity index (χ4v) is 3.26. The second kappa shape index (κ2) is 9.40. The lowest BCUT2D eigenvalue weighted by atomic mass is 9.91. The van der Waals surface area contributed by atoms with Gasteiger partial charge in [-0.3, -0.25) is 9.59 Å². The number of benzene rings is 3. The normalized spacial score (nSPS) is 10.5. The fraction of sp³-hybridized carbons (Fsp3) is 0.0909. The number of amides is 1. The monoisotopic (exact) mass is 413 g/mol. The van der Waals surface area contributed by atoms with E-state index in [1.54, 1.807) is 18.2 Å². The molecule has 0 heterocycles. The molecule has 28 heavy (non-hydrogen) atoms. The van der Waals surface area contributed by atoms with E-state index in [1.807, 2.05) is 60.7 Å². The maximum absolute atomic E-state index is 12.8. The van der Waals surface area contributed by atoms with E-state index in [-0.39, 0.29) is 5.69 Å². The first-order valence-electron chi connectivity index (χ1n) is 8.56. The summed E-state index contributed by atoms with van der Waals surface area (Å²) in [6.07, 6.45) is 0. The summed E-state index contributed by atoms with van der Waals surface area (Å²) in [4.78, 5) is 25.0. The van der Waals surface area contributed by atoms with Gasteiger partial charge in [0.1, 0.15) is 5.92 Å². The van der Waals surface area contributed by atoms with Crippen molar-refractivity contribution in [3.05, 3.63) is 100 Å². The molecule has 0 aliphatic carbocycles. The predicted octanol–water partition coefficient (Wildman–Crippen LogP) is 5.31. The van der Waals surface area contributed by atoms with Crippen LogP contribution in [0.5, 0.6) is 0 Å². The van der Waals surface area contributed by atoms with Gasteiger partial charge < -0.3 is 10.1 Å². The molecule has 3 aromatic carbocycles. The molecule has 0 unspecified atom stereocenters. The number of anilines is 1. The molecule has 0 aromatic heterocycles. The highest BCUT2D eigenvalue weighted by Gasteiger charge is 2.25. The molecule has 0 aliphatic heterocycles. The van der Waals surface area contributed by atoms with Crippen molar-refractivity contribution in [3.63, 3.8) is 0 Å². The van der Waals surface area contributed by atoms with Gasteiger partial charge in [-0.1, -0.05) is 89.9 Å². The summed E-state index contributed by atoms with van der Waals surface area (Å²) in [5.41, 5.74) is 1.86.